The van der Waals surface area contributed by atoms with Crippen LogP contribution in [0, 0.1) is 40.4 Å². The van der Waals surface area contributed by atoms with Crippen molar-refractivity contribution in [3.63, 3.8) is 0 Å². The third-order valence-electron chi connectivity index (χ3n) is 12.0. The lowest BCUT2D eigenvalue weighted by molar-refractivity contribution is -0.267. The molecule has 0 aromatic rings. The first-order valence-electron chi connectivity index (χ1n) is 14.1. The maximum atomic E-state index is 13.4. The van der Waals surface area contributed by atoms with Crippen LogP contribution in [-0.2, 0) is 9.53 Å². The Kier molecular flexibility index (Phi) is 6.38. The summed E-state index contributed by atoms with van der Waals surface area (Å²) in [6.45, 7) is 9.98. The van der Waals surface area contributed by atoms with E-state index in [9.17, 15) is 30.3 Å². The number of carbonyl (C=O) groups excluding carboxylic acids is 1. The first-order chi connectivity index (χ1) is 16.7. The fourth-order valence-corrected chi connectivity index (χ4v) is 9.52. The van der Waals surface area contributed by atoms with Crippen LogP contribution in [0.25, 0.3) is 0 Å². The minimum absolute atomic E-state index is 0.00467. The quantitative estimate of drug-likeness (QED) is 0.398. The molecule has 5 aliphatic rings. The number of aliphatic hydroxyl groups excluding tert-OH is 3. The number of hydrogen-bond acceptors (Lipinski definition) is 7. The van der Waals surface area contributed by atoms with Crippen molar-refractivity contribution in [2.45, 2.75) is 122 Å². The molecule has 0 unspecified atom stereocenters. The molecule has 1 heterocycles. The van der Waals surface area contributed by atoms with E-state index in [1.807, 2.05) is 20.8 Å². The second kappa shape index (κ2) is 8.59. The highest BCUT2D eigenvalue weighted by Crippen LogP contribution is 2.68. The Balaban J connectivity index is 1.48. The van der Waals surface area contributed by atoms with E-state index in [-0.39, 0.29) is 41.8 Å². The van der Waals surface area contributed by atoms with Crippen LogP contribution in [0.3, 0.4) is 0 Å². The highest BCUT2D eigenvalue weighted by molar-refractivity contribution is 5.95. The van der Waals surface area contributed by atoms with Crippen LogP contribution < -0.4 is 0 Å². The molecule has 5 N–H and O–H groups in total. The summed E-state index contributed by atoms with van der Waals surface area (Å²) in [6, 6.07) is 0. The zero-order valence-corrected chi connectivity index (χ0v) is 22.5. The first kappa shape index (κ1) is 26.8. The zero-order chi connectivity index (χ0) is 26.4. The van der Waals surface area contributed by atoms with Crippen molar-refractivity contribution < 1.29 is 35.1 Å². The van der Waals surface area contributed by atoms with Crippen LogP contribution in [0.2, 0.25) is 0 Å². The van der Waals surface area contributed by atoms with Crippen molar-refractivity contribution in [2.24, 2.45) is 40.4 Å². The molecule has 1 aliphatic heterocycles. The predicted octanol–water partition coefficient (Wildman–Crippen LogP) is 2.71. The summed E-state index contributed by atoms with van der Waals surface area (Å²) in [6.07, 6.45) is 3.06. The van der Waals surface area contributed by atoms with E-state index in [2.05, 4.69) is 6.92 Å². The van der Waals surface area contributed by atoms with Gasteiger partial charge in [0.1, 0.15) is 0 Å². The molecule has 4 fully saturated rings. The Bertz CT molecular complexity index is 931. The minimum atomic E-state index is -1.25. The number of ether oxygens (including phenoxy) is 1. The topological polar surface area (TPSA) is 127 Å². The largest absolute Gasteiger partial charge is 0.390 e. The summed E-state index contributed by atoms with van der Waals surface area (Å²) < 4.78 is 6.00. The van der Waals surface area contributed by atoms with Crippen molar-refractivity contribution in [1.29, 1.82) is 0 Å². The highest BCUT2D eigenvalue weighted by Gasteiger charge is 2.69. The van der Waals surface area contributed by atoms with Gasteiger partial charge in [-0.15, -0.1) is 0 Å². The van der Waals surface area contributed by atoms with Gasteiger partial charge >= 0.3 is 0 Å². The summed E-state index contributed by atoms with van der Waals surface area (Å²) in [5.74, 6) is -0.492. The molecular weight excluding hydrogens is 460 g/mol. The second-order valence-corrected chi connectivity index (χ2v) is 13.6. The lowest BCUT2D eigenvalue weighted by Gasteiger charge is -2.61. The molecular formula is C29H46O7. The van der Waals surface area contributed by atoms with E-state index in [0.717, 1.165) is 18.4 Å². The molecule has 4 aliphatic carbocycles. The lowest BCUT2D eigenvalue weighted by atomic mass is 9.45. The smallest absolute Gasteiger partial charge is 0.159 e. The zero-order valence-electron chi connectivity index (χ0n) is 22.5. The number of aliphatic hydroxyl groups is 5. The van der Waals surface area contributed by atoms with Gasteiger partial charge in [0.15, 0.2) is 12.1 Å². The maximum absolute atomic E-state index is 13.4. The van der Waals surface area contributed by atoms with E-state index in [0.29, 0.717) is 32.1 Å². The summed E-state index contributed by atoms with van der Waals surface area (Å²) in [5, 5.41) is 55.8. The highest BCUT2D eigenvalue weighted by atomic mass is 16.6. The Morgan fingerprint density at radius 3 is 2.44 bits per heavy atom. The third-order valence-corrected chi connectivity index (χ3v) is 12.0. The van der Waals surface area contributed by atoms with Crippen LogP contribution in [-0.4, -0.2) is 67.1 Å². The van der Waals surface area contributed by atoms with E-state index in [1.165, 1.54) is 0 Å². The summed E-state index contributed by atoms with van der Waals surface area (Å²) >= 11 is 0. The second-order valence-electron chi connectivity index (χ2n) is 13.6. The van der Waals surface area contributed by atoms with Gasteiger partial charge in [0, 0.05) is 17.3 Å². The van der Waals surface area contributed by atoms with Gasteiger partial charge in [0.2, 0.25) is 0 Å². The number of allylic oxidation sites excluding steroid dienone is 1. The predicted molar refractivity (Wildman–Crippen MR) is 134 cm³/mol. The summed E-state index contributed by atoms with van der Waals surface area (Å²) in [5.41, 5.74) is -2.91. The Morgan fingerprint density at radius 1 is 1.08 bits per heavy atom. The van der Waals surface area contributed by atoms with E-state index < -0.39 is 46.6 Å². The van der Waals surface area contributed by atoms with Crippen molar-refractivity contribution >= 4 is 5.78 Å². The number of ketones is 1. The summed E-state index contributed by atoms with van der Waals surface area (Å²) in [7, 11) is 0. The SMILES string of the molecule is CC[C@H]1C[C@H]([C@](C)(O)[C@H]2CC[C@@]3(O)C4=CC(=O)[C@H]5C[C@@H](O)[C@@H](O)C[C@]5(C)[C@H]4CC[C@]23C)O[C@H](O)[C@@H]1C. The van der Waals surface area contributed by atoms with Crippen molar-refractivity contribution in [2.75, 3.05) is 0 Å². The van der Waals surface area contributed by atoms with E-state index in [4.69, 9.17) is 4.74 Å². The third kappa shape index (κ3) is 3.49. The standard InChI is InChI=1S/C29H46O7/c1-6-16-11-24(36-25(33)15(16)2)28(5,34)23-8-10-29(35)18-12-20(30)19-13-21(31)22(32)14-26(19,3)17(18)7-9-27(23,29)4/h12,15-17,19,21-25,31-35H,6-11,13-14H2,1-5H3/t15-,16+,17+,19-,21-,22+,23+,24-,25+,26-,27-,28-,29-/m1/s1. The fourth-order valence-electron chi connectivity index (χ4n) is 9.52. The molecule has 0 spiro atoms. The average molecular weight is 507 g/mol. The maximum Gasteiger partial charge on any atom is 0.159 e. The number of hydrogen-bond donors (Lipinski definition) is 5. The molecule has 7 nitrogen and oxygen atoms in total. The van der Waals surface area contributed by atoms with Gasteiger partial charge < -0.3 is 30.3 Å². The molecule has 36 heavy (non-hydrogen) atoms. The van der Waals surface area contributed by atoms with Crippen LogP contribution >= 0.6 is 0 Å². The normalized spacial score (nSPS) is 54.7. The van der Waals surface area contributed by atoms with Crippen molar-refractivity contribution in [1.82, 2.24) is 0 Å². The van der Waals surface area contributed by atoms with Gasteiger partial charge in [-0.2, -0.15) is 0 Å². The van der Waals surface area contributed by atoms with Gasteiger partial charge in [-0.1, -0.05) is 34.1 Å². The van der Waals surface area contributed by atoms with Crippen molar-refractivity contribution in [3.8, 4) is 0 Å². The molecule has 7 heteroatoms. The van der Waals surface area contributed by atoms with E-state index >= 15 is 0 Å². The Labute approximate surface area is 214 Å². The lowest BCUT2D eigenvalue weighted by Crippen LogP contribution is -2.63. The number of fused-ring (bicyclic) bond motifs is 5. The van der Waals surface area contributed by atoms with Gasteiger partial charge in [0.25, 0.3) is 0 Å². The van der Waals surface area contributed by atoms with Crippen LogP contribution in [0.1, 0.15) is 86.0 Å². The van der Waals surface area contributed by atoms with Crippen LogP contribution in [0.5, 0.6) is 0 Å². The molecule has 0 bridgehead atoms. The average Bonchev–Trinajstić information content (AvgIpc) is 3.09. The first-order valence-corrected chi connectivity index (χ1v) is 14.1. The Morgan fingerprint density at radius 2 is 1.78 bits per heavy atom. The monoisotopic (exact) mass is 506 g/mol. The van der Waals surface area contributed by atoms with Gasteiger partial charge in [-0.05, 0) is 86.7 Å². The molecule has 0 aromatic carbocycles. The van der Waals surface area contributed by atoms with Crippen LogP contribution in [0.4, 0.5) is 0 Å². The summed E-state index contributed by atoms with van der Waals surface area (Å²) in [4.78, 5) is 13.4. The fraction of sp³-hybridized carbons (Fsp3) is 0.897. The Hall–Kier alpha value is -0.830. The molecule has 3 saturated carbocycles. The molecule has 0 amide bonds. The molecule has 204 valence electrons. The number of rotatable bonds is 3. The van der Waals surface area contributed by atoms with E-state index in [1.54, 1.807) is 13.0 Å². The van der Waals surface area contributed by atoms with Gasteiger partial charge in [0.05, 0.1) is 29.5 Å². The van der Waals surface area contributed by atoms with Gasteiger partial charge in [-0.3, -0.25) is 4.79 Å². The molecule has 5 rings (SSSR count). The molecule has 0 aromatic heterocycles. The minimum Gasteiger partial charge on any atom is -0.390 e. The molecule has 13 atom stereocenters. The molecule has 1 saturated heterocycles. The van der Waals surface area contributed by atoms with Gasteiger partial charge in [-0.25, -0.2) is 0 Å². The number of carbonyl (C=O) groups is 1. The van der Waals surface area contributed by atoms with Crippen molar-refractivity contribution in [3.05, 3.63) is 11.6 Å². The van der Waals surface area contributed by atoms with Crippen LogP contribution in [0.15, 0.2) is 11.6 Å². The molecule has 0 radical (unpaired) electrons.